The van der Waals surface area contributed by atoms with Gasteiger partial charge in [0.1, 0.15) is 0 Å². The predicted octanol–water partition coefficient (Wildman–Crippen LogP) is 4.20. The molecule has 1 aromatic rings. The van der Waals surface area contributed by atoms with Crippen LogP contribution in [0.25, 0.3) is 0 Å². The quantitative estimate of drug-likeness (QED) is 0.578. The summed E-state index contributed by atoms with van der Waals surface area (Å²) in [7, 11) is 0. The van der Waals surface area contributed by atoms with Crippen LogP contribution in [0, 0.1) is 5.41 Å². The Morgan fingerprint density at radius 3 is 2.62 bits per heavy atom. The maximum absolute atomic E-state index is 12.3. The second kappa shape index (κ2) is 9.57. The molecule has 0 bridgehead atoms. The molecule has 0 spiro atoms. The van der Waals surface area contributed by atoms with Crippen LogP contribution >= 0.6 is 0 Å². The Labute approximate surface area is 173 Å². The first-order valence-corrected chi connectivity index (χ1v) is 10.9. The number of aliphatic hydroxyl groups is 1. The average molecular weight is 400 g/mol. The van der Waals surface area contributed by atoms with Crippen molar-refractivity contribution in [2.45, 2.75) is 76.9 Å². The number of amides is 1. The average Bonchev–Trinajstić information content (AvgIpc) is 3.02. The number of hydrogen-bond donors (Lipinski definition) is 2. The van der Waals surface area contributed by atoms with E-state index in [1.165, 1.54) is 6.42 Å². The lowest BCUT2D eigenvalue weighted by atomic mass is 9.62. The fraction of sp³-hybridized carbons (Fsp3) is 0.583. The third-order valence-electron chi connectivity index (χ3n) is 6.74. The van der Waals surface area contributed by atoms with Crippen molar-refractivity contribution in [3.05, 3.63) is 47.5 Å². The monoisotopic (exact) mass is 399 g/mol. The highest BCUT2D eigenvalue weighted by molar-refractivity contribution is 5.87. The van der Waals surface area contributed by atoms with Crippen LogP contribution in [-0.2, 0) is 11.2 Å². The summed E-state index contributed by atoms with van der Waals surface area (Å²) in [5.74, 6) is -0.759. The predicted molar refractivity (Wildman–Crippen MR) is 113 cm³/mol. The van der Waals surface area contributed by atoms with Crippen molar-refractivity contribution >= 4 is 11.9 Å². The maximum Gasteiger partial charge on any atom is 0.335 e. The Balaban J connectivity index is 1.53. The highest BCUT2D eigenvalue weighted by atomic mass is 16.4. The lowest BCUT2D eigenvalue weighted by Crippen LogP contribution is -2.41. The van der Waals surface area contributed by atoms with Crippen LogP contribution in [0.3, 0.4) is 0 Å². The number of rotatable bonds is 10. The molecule has 1 aromatic carbocycles. The van der Waals surface area contributed by atoms with Crippen LogP contribution in [0.5, 0.6) is 0 Å². The molecule has 3 rings (SSSR count). The molecule has 29 heavy (non-hydrogen) atoms. The van der Waals surface area contributed by atoms with E-state index in [0.717, 1.165) is 37.7 Å². The van der Waals surface area contributed by atoms with Crippen LogP contribution in [0.2, 0.25) is 0 Å². The maximum atomic E-state index is 12.3. The van der Waals surface area contributed by atoms with E-state index in [1.807, 2.05) is 17.0 Å². The summed E-state index contributed by atoms with van der Waals surface area (Å²) in [6.45, 7) is 2.81. The van der Waals surface area contributed by atoms with E-state index in [1.54, 1.807) is 12.1 Å². The first-order valence-electron chi connectivity index (χ1n) is 10.9. The zero-order chi connectivity index (χ0) is 20.9. The molecule has 1 aliphatic carbocycles. The zero-order valence-corrected chi connectivity index (χ0v) is 17.3. The Morgan fingerprint density at radius 2 is 2.03 bits per heavy atom. The van der Waals surface area contributed by atoms with Crippen LogP contribution in [0.1, 0.15) is 74.2 Å². The van der Waals surface area contributed by atoms with Gasteiger partial charge < -0.3 is 15.1 Å². The molecule has 1 heterocycles. The summed E-state index contributed by atoms with van der Waals surface area (Å²) >= 11 is 0. The van der Waals surface area contributed by atoms with Gasteiger partial charge in [-0.05, 0) is 61.6 Å². The molecule has 1 amide bonds. The molecule has 158 valence electrons. The lowest BCUT2D eigenvalue weighted by Gasteiger charge is -2.45. The Hall–Kier alpha value is -2.14. The highest BCUT2D eigenvalue weighted by Crippen LogP contribution is 2.48. The number of carbonyl (C=O) groups is 2. The number of carboxylic acids is 1. The zero-order valence-electron chi connectivity index (χ0n) is 17.3. The largest absolute Gasteiger partial charge is 0.478 e. The molecular formula is C24H33NO4. The van der Waals surface area contributed by atoms with Crippen molar-refractivity contribution < 1.29 is 19.8 Å². The molecule has 1 saturated heterocycles. The minimum absolute atomic E-state index is 0.0940. The van der Waals surface area contributed by atoms with E-state index in [2.05, 4.69) is 19.1 Å². The van der Waals surface area contributed by atoms with Gasteiger partial charge in [0, 0.05) is 13.0 Å². The van der Waals surface area contributed by atoms with Crippen molar-refractivity contribution in [2.24, 2.45) is 5.41 Å². The van der Waals surface area contributed by atoms with Gasteiger partial charge in [-0.3, -0.25) is 4.79 Å². The highest BCUT2D eigenvalue weighted by Gasteiger charge is 2.41. The fourth-order valence-corrected chi connectivity index (χ4v) is 4.80. The molecule has 2 aliphatic rings. The molecule has 1 aliphatic heterocycles. The SMILES string of the molecule is CCCC1([C@@H](O)CC=CC2CCC(=O)N2CCc2ccc(C(=O)O)cc2)CCC1. The Bertz CT molecular complexity index is 736. The van der Waals surface area contributed by atoms with Crippen molar-refractivity contribution in [1.82, 2.24) is 4.90 Å². The van der Waals surface area contributed by atoms with Crippen molar-refractivity contribution in [2.75, 3.05) is 6.54 Å². The topological polar surface area (TPSA) is 77.8 Å². The number of likely N-dealkylation sites (tertiary alicyclic amines) is 1. The first kappa shape index (κ1) is 21.6. The molecule has 0 aromatic heterocycles. The number of hydrogen-bond acceptors (Lipinski definition) is 3. The Morgan fingerprint density at radius 1 is 1.31 bits per heavy atom. The third-order valence-corrected chi connectivity index (χ3v) is 6.74. The molecular weight excluding hydrogens is 366 g/mol. The standard InChI is InChI=1S/C24H33NO4/c1-2-14-24(15-4-16-24)21(26)6-3-5-20-11-12-22(27)25(20)17-13-18-7-9-19(10-8-18)23(28)29/h3,5,7-10,20-21,26H,2,4,6,11-17H2,1H3,(H,28,29)/t20?,21-/m0/s1. The normalized spacial score (nSPS) is 22.1. The van der Waals surface area contributed by atoms with Crippen LogP contribution < -0.4 is 0 Å². The number of carboxylic acid groups (broad SMARTS) is 1. The van der Waals surface area contributed by atoms with E-state index in [-0.39, 0.29) is 29.0 Å². The molecule has 2 N–H and O–H groups in total. The van der Waals surface area contributed by atoms with E-state index in [0.29, 0.717) is 25.8 Å². The van der Waals surface area contributed by atoms with Crippen molar-refractivity contribution in [1.29, 1.82) is 0 Å². The van der Waals surface area contributed by atoms with Crippen LogP contribution in [-0.4, -0.2) is 45.7 Å². The number of aromatic carboxylic acids is 1. The van der Waals surface area contributed by atoms with Gasteiger partial charge in [0.15, 0.2) is 0 Å². The summed E-state index contributed by atoms with van der Waals surface area (Å²) in [4.78, 5) is 25.2. The number of nitrogens with zero attached hydrogens (tertiary/aromatic N) is 1. The minimum Gasteiger partial charge on any atom is -0.478 e. The lowest BCUT2D eigenvalue weighted by molar-refractivity contribution is -0.128. The van der Waals surface area contributed by atoms with Crippen LogP contribution in [0.4, 0.5) is 0 Å². The minimum atomic E-state index is -0.929. The summed E-state index contributed by atoms with van der Waals surface area (Å²) < 4.78 is 0. The number of aliphatic hydroxyl groups excluding tert-OH is 1. The van der Waals surface area contributed by atoms with Gasteiger partial charge >= 0.3 is 5.97 Å². The van der Waals surface area contributed by atoms with Gasteiger partial charge in [0.2, 0.25) is 5.91 Å². The fourth-order valence-electron chi connectivity index (χ4n) is 4.80. The van der Waals surface area contributed by atoms with E-state index in [9.17, 15) is 14.7 Å². The first-order chi connectivity index (χ1) is 13.9. The van der Waals surface area contributed by atoms with Crippen molar-refractivity contribution in [3.8, 4) is 0 Å². The van der Waals surface area contributed by atoms with Gasteiger partial charge in [-0.1, -0.05) is 44.1 Å². The van der Waals surface area contributed by atoms with E-state index < -0.39 is 5.97 Å². The van der Waals surface area contributed by atoms with Crippen molar-refractivity contribution in [3.63, 3.8) is 0 Å². The summed E-state index contributed by atoms with van der Waals surface area (Å²) in [6, 6.07) is 6.94. The van der Waals surface area contributed by atoms with Gasteiger partial charge in [0.25, 0.3) is 0 Å². The number of benzene rings is 1. The van der Waals surface area contributed by atoms with Gasteiger partial charge in [0.05, 0.1) is 17.7 Å². The second-order valence-electron chi connectivity index (χ2n) is 8.59. The molecule has 1 saturated carbocycles. The van der Waals surface area contributed by atoms with Gasteiger partial charge in [-0.15, -0.1) is 0 Å². The molecule has 2 fully saturated rings. The van der Waals surface area contributed by atoms with Gasteiger partial charge in [-0.25, -0.2) is 4.79 Å². The summed E-state index contributed by atoms with van der Waals surface area (Å²) in [6.07, 6.45) is 12.3. The molecule has 5 heteroatoms. The molecule has 0 radical (unpaired) electrons. The summed E-state index contributed by atoms with van der Waals surface area (Å²) in [5.41, 5.74) is 1.42. The number of carbonyl (C=O) groups excluding carboxylic acids is 1. The smallest absolute Gasteiger partial charge is 0.335 e. The molecule has 2 atom stereocenters. The second-order valence-corrected chi connectivity index (χ2v) is 8.59. The molecule has 5 nitrogen and oxygen atoms in total. The third kappa shape index (κ3) is 5.08. The molecule has 1 unspecified atom stereocenters. The van der Waals surface area contributed by atoms with E-state index in [4.69, 9.17) is 5.11 Å². The van der Waals surface area contributed by atoms with Crippen LogP contribution in [0.15, 0.2) is 36.4 Å². The summed E-state index contributed by atoms with van der Waals surface area (Å²) in [5, 5.41) is 19.7. The van der Waals surface area contributed by atoms with Gasteiger partial charge in [-0.2, -0.15) is 0 Å². The van der Waals surface area contributed by atoms with E-state index >= 15 is 0 Å². The Kier molecular flexibility index (Phi) is 7.12.